The highest BCUT2D eigenvalue weighted by molar-refractivity contribution is 6.35. The second kappa shape index (κ2) is 6.86. The average Bonchev–Trinajstić information content (AvgIpc) is 2.55. The van der Waals surface area contributed by atoms with Crippen molar-refractivity contribution in [1.29, 1.82) is 0 Å². The minimum absolute atomic E-state index is 0.221. The number of anilines is 1. The van der Waals surface area contributed by atoms with Crippen molar-refractivity contribution in [2.45, 2.75) is 6.61 Å². The highest BCUT2D eigenvalue weighted by Gasteiger charge is 2.08. The Hall–Kier alpha value is -2.30. The van der Waals surface area contributed by atoms with Crippen LogP contribution in [0.3, 0.4) is 0 Å². The van der Waals surface area contributed by atoms with Gasteiger partial charge < -0.3 is 10.5 Å². The Morgan fingerprint density at radius 3 is 2.35 bits per heavy atom. The van der Waals surface area contributed by atoms with Crippen molar-refractivity contribution in [3.63, 3.8) is 0 Å². The first-order valence-electron chi connectivity index (χ1n) is 6.87. The van der Waals surface area contributed by atoms with E-state index in [2.05, 4.69) is 9.97 Å². The fourth-order valence-corrected chi connectivity index (χ4v) is 2.53. The molecule has 0 radical (unpaired) electrons. The standard InChI is InChI=1S/C17H13Cl2N3O/c18-14-2-1-3-15(19)13(14)10-23-17-9-21-8-16(22-17)11-4-6-12(20)7-5-11/h1-9H,10,20H2. The van der Waals surface area contributed by atoms with E-state index in [-0.39, 0.29) is 6.61 Å². The number of rotatable bonds is 4. The summed E-state index contributed by atoms with van der Waals surface area (Å²) in [5, 5.41) is 1.11. The van der Waals surface area contributed by atoms with Crippen molar-refractivity contribution in [2.75, 3.05) is 5.73 Å². The molecule has 2 aromatic carbocycles. The van der Waals surface area contributed by atoms with Gasteiger partial charge in [0.1, 0.15) is 6.61 Å². The monoisotopic (exact) mass is 345 g/mol. The first kappa shape index (κ1) is 15.6. The van der Waals surface area contributed by atoms with Crippen LogP contribution in [0.1, 0.15) is 5.56 Å². The highest BCUT2D eigenvalue weighted by Crippen LogP contribution is 2.26. The summed E-state index contributed by atoms with van der Waals surface area (Å²) in [5.74, 6) is 0.398. The van der Waals surface area contributed by atoms with Crippen molar-refractivity contribution in [2.24, 2.45) is 0 Å². The van der Waals surface area contributed by atoms with Gasteiger partial charge in [0.15, 0.2) is 0 Å². The topological polar surface area (TPSA) is 61.0 Å². The lowest BCUT2D eigenvalue weighted by Gasteiger charge is -2.09. The van der Waals surface area contributed by atoms with E-state index in [0.29, 0.717) is 27.3 Å². The molecule has 4 nitrogen and oxygen atoms in total. The number of nitrogens with two attached hydrogens (primary N) is 1. The van der Waals surface area contributed by atoms with Crippen molar-refractivity contribution < 1.29 is 4.74 Å². The SMILES string of the molecule is Nc1ccc(-c2cncc(OCc3c(Cl)cccc3Cl)n2)cc1. The van der Waals surface area contributed by atoms with Crippen molar-refractivity contribution in [3.8, 4) is 17.1 Å². The van der Waals surface area contributed by atoms with Gasteiger partial charge in [-0.1, -0.05) is 41.4 Å². The molecule has 0 aliphatic rings. The van der Waals surface area contributed by atoms with Crippen LogP contribution in [0, 0.1) is 0 Å². The molecular weight excluding hydrogens is 333 g/mol. The zero-order chi connectivity index (χ0) is 16.2. The summed E-state index contributed by atoms with van der Waals surface area (Å²) in [5.41, 5.74) is 8.72. The molecule has 116 valence electrons. The summed E-state index contributed by atoms with van der Waals surface area (Å²) in [7, 11) is 0. The molecule has 0 aliphatic heterocycles. The van der Waals surface area contributed by atoms with Gasteiger partial charge in [-0.3, -0.25) is 4.98 Å². The van der Waals surface area contributed by atoms with E-state index >= 15 is 0 Å². The molecule has 0 saturated carbocycles. The van der Waals surface area contributed by atoms with Crippen LogP contribution in [0.15, 0.2) is 54.9 Å². The molecule has 0 spiro atoms. The van der Waals surface area contributed by atoms with E-state index in [1.54, 1.807) is 30.6 Å². The summed E-state index contributed by atoms with van der Waals surface area (Å²) >= 11 is 12.3. The number of nitrogen functional groups attached to an aromatic ring is 1. The van der Waals surface area contributed by atoms with Gasteiger partial charge in [-0.15, -0.1) is 0 Å². The van der Waals surface area contributed by atoms with Crippen molar-refractivity contribution >= 4 is 28.9 Å². The zero-order valence-electron chi connectivity index (χ0n) is 12.0. The fraction of sp³-hybridized carbons (Fsp3) is 0.0588. The van der Waals surface area contributed by atoms with E-state index in [1.807, 2.05) is 24.3 Å². The third-order valence-corrected chi connectivity index (χ3v) is 3.95. The largest absolute Gasteiger partial charge is 0.472 e. The molecule has 0 amide bonds. The van der Waals surface area contributed by atoms with E-state index < -0.39 is 0 Å². The minimum atomic E-state index is 0.221. The average molecular weight is 346 g/mol. The van der Waals surface area contributed by atoms with Crippen LogP contribution < -0.4 is 10.5 Å². The van der Waals surface area contributed by atoms with Gasteiger partial charge in [0, 0.05) is 26.9 Å². The van der Waals surface area contributed by atoms with Crippen LogP contribution in [0.4, 0.5) is 5.69 Å². The second-order valence-corrected chi connectivity index (χ2v) is 5.67. The predicted molar refractivity (Wildman–Crippen MR) is 92.7 cm³/mol. The summed E-state index contributed by atoms with van der Waals surface area (Å²) in [6.07, 6.45) is 3.21. The number of benzene rings is 2. The molecule has 0 aliphatic carbocycles. The third kappa shape index (κ3) is 3.73. The van der Waals surface area contributed by atoms with Crippen LogP contribution in [0.5, 0.6) is 5.88 Å². The van der Waals surface area contributed by atoms with E-state index in [9.17, 15) is 0 Å². The number of halogens is 2. The van der Waals surface area contributed by atoms with Crippen LogP contribution in [0.2, 0.25) is 10.0 Å². The molecular formula is C17H13Cl2N3O. The van der Waals surface area contributed by atoms with Crippen molar-refractivity contribution in [1.82, 2.24) is 9.97 Å². The zero-order valence-corrected chi connectivity index (χ0v) is 13.6. The summed E-state index contributed by atoms with van der Waals surface area (Å²) in [4.78, 5) is 8.59. The molecule has 1 heterocycles. The van der Waals surface area contributed by atoms with E-state index in [1.165, 1.54) is 0 Å². The number of hydrogen-bond acceptors (Lipinski definition) is 4. The summed E-state index contributed by atoms with van der Waals surface area (Å²) < 4.78 is 5.67. The Balaban J connectivity index is 1.79. The van der Waals surface area contributed by atoms with Crippen LogP contribution >= 0.6 is 23.2 Å². The molecule has 3 aromatic rings. The molecule has 23 heavy (non-hydrogen) atoms. The molecule has 3 rings (SSSR count). The Morgan fingerprint density at radius 2 is 1.65 bits per heavy atom. The van der Waals surface area contributed by atoms with Gasteiger partial charge in [0.2, 0.25) is 5.88 Å². The van der Waals surface area contributed by atoms with Crippen LogP contribution in [-0.2, 0) is 6.61 Å². The molecule has 0 unspecified atom stereocenters. The maximum absolute atomic E-state index is 6.13. The molecule has 1 aromatic heterocycles. The fourth-order valence-electron chi connectivity index (χ4n) is 2.03. The third-order valence-electron chi connectivity index (χ3n) is 3.24. The molecule has 2 N–H and O–H groups in total. The number of aromatic nitrogens is 2. The minimum Gasteiger partial charge on any atom is -0.472 e. The normalized spacial score (nSPS) is 10.5. The first-order chi connectivity index (χ1) is 11.1. The Labute approximate surface area is 143 Å². The van der Waals surface area contributed by atoms with Gasteiger partial charge in [0.05, 0.1) is 18.1 Å². The van der Waals surface area contributed by atoms with Gasteiger partial charge in [-0.25, -0.2) is 4.98 Å². The second-order valence-electron chi connectivity index (χ2n) is 4.85. The molecule has 0 fully saturated rings. The first-order valence-corrected chi connectivity index (χ1v) is 7.63. The number of hydrogen-bond donors (Lipinski definition) is 1. The predicted octanol–water partition coefficient (Wildman–Crippen LogP) is 4.61. The summed E-state index contributed by atoms with van der Waals surface area (Å²) in [6.45, 7) is 0.221. The lowest BCUT2D eigenvalue weighted by atomic mass is 10.1. The lowest BCUT2D eigenvalue weighted by molar-refractivity contribution is 0.293. The summed E-state index contributed by atoms with van der Waals surface area (Å²) in [6, 6.07) is 12.7. The molecule has 0 saturated heterocycles. The highest BCUT2D eigenvalue weighted by atomic mass is 35.5. The smallest absolute Gasteiger partial charge is 0.233 e. The van der Waals surface area contributed by atoms with E-state index in [0.717, 1.165) is 11.1 Å². The van der Waals surface area contributed by atoms with Crippen LogP contribution in [-0.4, -0.2) is 9.97 Å². The van der Waals surface area contributed by atoms with E-state index in [4.69, 9.17) is 33.7 Å². The Morgan fingerprint density at radius 1 is 0.957 bits per heavy atom. The van der Waals surface area contributed by atoms with Gasteiger partial charge in [-0.05, 0) is 24.3 Å². The molecule has 6 heteroatoms. The maximum atomic E-state index is 6.13. The Kier molecular flexibility index (Phi) is 4.65. The Bertz CT molecular complexity index is 802. The van der Waals surface area contributed by atoms with Crippen LogP contribution in [0.25, 0.3) is 11.3 Å². The molecule has 0 bridgehead atoms. The van der Waals surface area contributed by atoms with Gasteiger partial charge in [0.25, 0.3) is 0 Å². The lowest BCUT2D eigenvalue weighted by Crippen LogP contribution is -2.00. The maximum Gasteiger partial charge on any atom is 0.233 e. The van der Waals surface area contributed by atoms with Crippen molar-refractivity contribution in [3.05, 3.63) is 70.5 Å². The number of nitrogens with zero attached hydrogens (tertiary/aromatic N) is 2. The molecule has 0 atom stereocenters. The quantitative estimate of drug-likeness (QED) is 0.701. The number of ether oxygens (including phenoxy) is 1. The van der Waals surface area contributed by atoms with Gasteiger partial charge in [-0.2, -0.15) is 0 Å². The van der Waals surface area contributed by atoms with Gasteiger partial charge >= 0.3 is 0 Å².